The van der Waals surface area contributed by atoms with E-state index in [1.807, 2.05) is 14.0 Å². The van der Waals surface area contributed by atoms with E-state index in [2.05, 4.69) is 15.3 Å². The maximum absolute atomic E-state index is 12.9. The van der Waals surface area contributed by atoms with E-state index in [-0.39, 0.29) is 11.9 Å². The average molecular weight is 254 g/mol. The third kappa shape index (κ3) is 2.48. The largest absolute Gasteiger partial charge is 0.341 e. The van der Waals surface area contributed by atoms with Gasteiger partial charge in [-0.3, -0.25) is 0 Å². The van der Waals surface area contributed by atoms with E-state index in [0.717, 1.165) is 5.69 Å². The molecule has 1 aromatic heterocycles. The summed E-state index contributed by atoms with van der Waals surface area (Å²) in [5.74, 6) is 0.293. The van der Waals surface area contributed by atoms with Gasteiger partial charge in [-0.15, -0.1) is 0 Å². The van der Waals surface area contributed by atoms with Crippen molar-refractivity contribution in [3.8, 4) is 11.4 Å². The van der Waals surface area contributed by atoms with Crippen molar-refractivity contribution in [3.05, 3.63) is 40.9 Å². The fraction of sp³-hybridized carbons (Fsp3) is 0.250. The second-order valence-electron chi connectivity index (χ2n) is 3.82. The first-order valence-corrected chi connectivity index (χ1v) is 5.67. The number of aromatic amines is 1. The van der Waals surface area contributed by atoms with E-state index in [4.69, 9.17) is 11.6 Å². The molecule has 0 spiro atoms. The first-order chi connectivity index (χ1) is 8.11. The van der Waals surface area contributed by atoms with Gasteiger partial charge in [0, 0.05) is 11.6 Å². The molecule has 0 saturated carbocycles. The normalized spacial score (nSPS) is 12.7. The fourth-order valence-electron chi connectivity index (χ4n) is 1.53. The van der Waals surface area contributed by atoms with E-state index >= 15 is 0 Å². The molecule has 2 aromatic rings. The molecule has 1 atom stereocenters. The summed E-state index contributed by atoms with van der Waals surface area (Å²) in [5.41, 5.74) is 1.66. The predicted molar refractivity (Wildman–Crippen MR) is 66.5 cm³/mol. The highest BCUT2D eigenvalue weighted by Gasteiger charge is 2.11. The Balaban J connectivity index is 2.37. The topological polar surface area (TPSA) is 40.7 Å². The monoisotopic (exact) mass is 253 g/mol. The zero-order valence-electron chi connectivity index (χ0n) is 9.59. The Morgan fingerprint density at radius 1 is 1.47 bits per heavy atom. The Bertz CT molecular complexity index is 524. The molecule has 2 N–H and O–H groups in total. The van der Waals surface area contributed by atoms with Crippen LogP contribution in [0.2, 0.25) is 5.02 Å². The molecule has 0 aliphatic carbocycles. The first kappa shape index (κ1) is 12.1. The Labute approximate surface area is 104 Å². The minimum absolute atomic E-state index is 0.176. The number of rotatable bonds is 3. The maximum Gasteiger partial charge on any atom is 0.139 e. The van der Waals surface area contributed by atoms with Gasteiger partial charge in [-0.2, -0.15) is 0 Å². The number of halogens is 2. The maximum atomic E-state index is 12.9. The van der Waals surface area contributed by atoms with E-state index in [1.54, 1.807) is 12.3 Å². The number of benzene rings is 1. The Morgan fingerprint density at radius 3 is 2.88 bits per heavy atom. The first-order valence-electron chi connectivity index (χ1n) is 5.29. The highest BCUT2D eigenvalue weighted by molar-refractivity contribution is 6.33. The molecular formula is C12H13ClFN3. The van der Waals surface area contributed by atoms with Crippen LogP contribution in [0.1, 0.15) is 18.7 Å². The molecule has 0 saturated heterocycles. The number of hydrogen-bond donors (Lipinski definition) is 2. The van der Waals surface area contributed by atoms with E-state index in [9.17, 15) is 4.39 Å². The molecule has 0 bridgehead atoms. The summed E-state index contributed by atoms with van der Waals surface area (Å²) in [5, 5.41) is 3.46. The van der Waals surface area contributed by atoms with Gasteiger partial charge >= 0.3 is 0 Å². The molecular weight excluding hydrogens is 241 g/mol. The SMILES string of the molecule is CNC(C)c1cnc(-c2ccc(F)cc2Cl)[nH]1. The number of nitrogens with zero attached hydrogens (tertiary/aromatic N) is 1. The van der Waals surface area contributed by atoms with Crippen LogP contribution in [-0.4, -0.2) is 17.0 Å². The van der Waals surface area contributed by atoms with Gasteiger partial charge in [0.2, 0.25) is 0 Å². The zero-order valence-corrected chi connectivity index (χ0v) is 10.3. The highest BCUT2D eigenvalue weighted by Crippen LogP contribution is 2.26. The Kier molecular flexibility index (Phi) is 3.45. The van der Waals surface area contributed by atoms with Crippen LogP contribution in [0.15, 0.2) is 24.4 Å². The lowest BCUT2D eigenvalue weighted by atomic mass is 10.2. The predicted octanol–water partition coefficient (Wildman–Crippen LogP) is 3.15. The fourth-order valence-corrected chi connectivity index (χ4v) is 1.79. The van der Waals surface area contributed by atoms with Crippen molar-refractivity contribution in [2.75, 3.05) is 7.05 Å². The van der Waals surface area contributed by atoms with Gasteiger partial charge in [-0.25, -0.2) is 9.37 Å². The number of hydrogen-bond acceptors (Lipinski definition) is 2. The summed E-state index contributed by atoms with van der Waals surface area (Å²) in [4.78, 5) is 7.40. The summed E-state index contributed by atoms with van der Waals surface area (Å²) in [6.07, 6.45) is 1.75. The van der Waals surface area contributed by atoms with Crippen molar-refractivity contribution in [2.45, 2.75) is 13.0 Å². The lowest BCUT2D eigenvalue weighted by Gasteiger charge is -2.06. The Morgan fingerprint density at radius 2 is 2.24 bits per heavy atom. The smallest absolute Gasteiger partial charge is 0.139 e. The minimum atomic E-state index is -0.353. The average Bonchev–Trinajstić information content (AvgIpc) is 2.77. The lowest BCUT2D eigenvalue weighted by Crippen LogP contribution is -2.12. The number of imidazole rings is 1. The number of H-pyrrole nitrogens is 1. The van der Waals surface area contributed by atoms with Crippen LogP contribution in [-0.2, 0) is 0 Å². The highest BCUT2D eigenvalue weighted by atomic mass is 35.5. The summed E-state index contributed by atoms with van der Waals surface area (Å²) >= 11 is 5.97. The zero-order chi connectivity index (χ0) is 12.4. The second-order valence-corrected chi connectivity index (χ2v) is 4.23. The van der Waals surface area contributed by atoms with E-state index in [0.29, 0.717) is 16.4 Å². The van der Waals surface area contributed by atoms with Crippen molar-refractivity contribution >= 4 is 11.6 Å². The number of aromatic nitrogens is 2. The van der Waals surface area contributed by atoms with Crippen molar-refractivity contribution in [1.29, 1.82) is 0 Å². The minimum Gasteiger partial charge on any atom is -0.341 e. The molecule has 2 rings (SSSR count). The van der Waals surface area contributed by atoms with Crippen molar-refractivity contribution in [3.63, 3.8) is 0 Å². The van der Waals surface area contributed by atoms with Gasteiger partial charge in [0.1, 0.15) is 11.6 Å². The second kappa shape index (κ2) is 4.85. The summed E-state index contributed by atoms with van der Waals surface area (Å²) in [6.45, 7) is 2.02. The molecule has 0 amide bonds. The van der Waals surface area contributed by atoms with Gasteiger partial charge in [-0.05, 0) is 32.2 Å². The molecule has 90 valence electrons. The van der Waals surface area contributed by atoms with Crippen molar-refractivity contribution < 1.29 is 4.39 Å². The third-order valence-electron chi connectivity index (χ3n) is 2.68. The Hall–Kier alpha value is -1.39. The lowest BCUT2D eigenvalue weighted by molar-refractivity contribution is 0.628. The van der Waals surface area contributed by atoms with E-state index in [1.165, 1.54) is 12.1 Å². The molecule has 1 unspecified atom stereocenters. The molecule has 0 radical (unpaired) electrons. The van der Waals surface area contributed by atoms with Crippen molar-refractivity contribution in [2.24, 2.45) is 0 Å². The van der Waals surface area contributed by atoms with Crippen LogP contribution in [0.25, 0.3) is 11.4 Å². The van der Waals surface area contributed by atoms with Gasteiger partial charge in [-0.1, -0.05) is 11.6 Å². The summed E-state index contributed by atoms with van der Waals surface area (Å²) < 4.78 is 12.9. The standard InChI is InChI=1S/C12H13ClFN3/c1-7(15-2)11-6-16-12(17-11)9-4-3-8(14)5-10(9)13/h3-7,15H,1-2H3,(H,16,17). The quantitative estimate of drug-likeness (QED) is 0.882. The molecule has 17 heavy (non-hydrogen) atoms. The van der Waals surface area contributed by atoms with Gasteiger partial charge < -0.3 is 10.3 Å². The van der Waals surface area contributed by atoms with Crippen LogP contribution in [0, 0.1) is 5.82 Å². The van der Waals surface area contributed by atoms with Crippen molar-refractivity contribution in [1.82, 2.24) is 15.3 Å². The van der Waals surface area contributed by atoms with Crippen LogP contribution >= 0.6 is 11.6 Å². The van der Waals surface area contributed by atoms with Gasteiger partial charge in [0.15, 0.2) is 0 Å². The summed E-state index contributed by atoms with van der Waals surface area (Å²) in [6, 6.07) is 4.44. The molecule has 1 aromatic carbocycles. The van der Waals surface area contributed by atoms with Crippen LogP contribution in [0.5, 0.6) is 0 Å². The van der Waals surface area contributed by atoms with Gasteiger partial charge in [0.25, 0.3) is 0 Å². The van der Waals surface area contributed by atoms with Crippen LogP contribution in [0.3, 0.4) is 0 Å². The molecule has 0 aliphatic heterocycles. The molecule has 0 aliphatic rings. The van der Waals surface area contributed by atoms with E-state index < -0.39 is 0 Å². The van der Waals surface area contributed by atoms with Crippen LogP contribution < -0.4 is 5.32 Å². The van der Waals surface area contributed by atoms with Crippen LogP contribution in [0.4, 0.5) is 4.39 Å². The molecule has 5 heteroatoms. The summed E-state index contributed by atoms with van der Waals surface area (Å²) in [7, 11) is 1.87. The molecule has 3 nitrogen and oxygen atoms in total. The number of nitrogens with one attached hydrogen (secondary N) is 2. The molecule has 0 fully saturated rings. The molecule has 1 heterocycles. The van der Waals surface area contributed by atoms with Gasteiger partial charge in [0.05, 0.1) is 16.9 Å². The third-order valence-corrected chi connectivity index (χ3v) is 2.99.